The number of sulfonamides is 1. The molecule has 2 aromatic heterocycles. The van der Waals surface area contributed by atoms with Gasteiger partial charge in [0.1, 0.15) is 11.6 Å². The number of nitrogens with zero attached hydrogens (tertiary/aromatic N) is 4. The van der Waals surface area contributed by atoms with Crippen LogP contribution in [0.4, 0.5) is 0 Å². The fraction of sp³-hybridized carbons (Fsp3) is 0.235. The van der Waals surface area contributed by atoms with Crippen LogP contribution in [-0.4, -0.2) is 47.6 Å². The minimum atomic E-state index is -3.62. The molecular formula is C17H18N4O4S2. The predicted octanol–water partition coefficient (Wildman–Crippen LogP) is 2.15. The van der Waals surface area contributed by atoms with E-state index in [0.29, 0.717) is 5.69 Å². The second kappa shape index (κ2) is 7.59. The van der Waals surface area contributed by atoms with Gasteiger partial charge in [-0.15, -0.1) is 11.3 Å². The van der Waals surface area contributed by atoms with Crippen LogP contribution in [0.25, 0.3) is 10.6 Å². The number of carbonyl (C=O) groups excluding carboxylic acids is 1. The van der Waals surface area contributed by atoms with E-state index in [4.69, 9.17) is 4.74 Å². The quantitative estimate of drug-likeness (QED) is 0.582. The maximum absolute atomic E-state index is 12.3. The first kappa shape index (κ1) is 19.2. The molecule has 0 aliphatic heterocycles. The highest BCUT2D eigenvalue weighted by molar-refractivity contribution is 7.89. The van der Waals surface area contributed by atoms with Crippen LogP contribution >= 0.6 is 11.3 Å². The van der Waals surface area contributed by atoms with Crippen molar-refractivity contribution in [2.75, 3.05) is 14.1 Å². The highest BCUT2D eigenvalue weighted by Crippen LogP contribution is 2.23. The SMILES string of the molecule is CN(C)S(=O)(=O)c1cccc(C(=O)OCc2csc(-c3cnn(C)c3)n2)c1. The number of esters is 1. The minimum absolute atomic E-state index is 0.000252. The maximum Gasteiger partial charge on any atom is 0.338 e. The maximum atomic E-state index is 12.3. The number of thiazole rings is 1. The molecule has 0 saturated heterocycles. The van der Waals surface area contributed by atoms with Crippen molar-refractivity contribution < 1.29 is 17.9 Å². The van der Waals surface area contributed by atoms with Crippen LogP contribution in [0.3, 0.4) is 0 Å². The summed E-state index contributed by atoms with van der Waals surface area (Å²) in [5.74, 6) is -0.610. The first-order valence-electron chi connectivity index (χ1n) is 7.90. The van der Waals surface area contributed by atoms with Crippen LogP contribution in [-0.2, 0) is 28.4 Å². The normalized spacial score (nSPS) is 11.7. The van der Waals surface area contributed by atoms with Gasteiger partial charge in [0.15, 0.2) is 0 Å². The summed E-state index contributed by atoms with van der Waals surface area (Å²) in [5, 5.41) is 6.70. The van der Waals surface area contributed by atoms with Crippen LogP contribution < -0.4 is 0 Å². The summed E-state index contributed by atoms with van der Waals surface area (Å²) < 4.78 is 32.4. The van der Waals surface area contributed by atoms with Crippen molar-refractivity contribution >= 4 is 27.3 Å². The van der Waals surface area contributed by atoms with E-state index in [1.807, 2.05) is 18.6 Å². The van der Waals surface area contributed by atoms with Gasteiger partial charge in [0.2, 0.25) is 10.0 Å². The summed E-state index contributed by atoms with van der Waals surface area (Å²) in [6.07, 6.45) is 3.57. The fourth-order valence-corrected chi connectivity index (χ4v) is 3.98. The lowest BCUT2D eigenvalue weighted by Crippen LogP contribution is -2.22. The Morgan fingerprint density at radius 3 is 2.78 bits per heavy atom. The first-order chi connectivity index (χ1) is 12.8. The summed E-state index contributed by atoms with van der Waals surface area (Å²) in [6, 6.07) is 5.77. The molecule has 0 spiro atoms. The average Bonchev–Trinajstić information content (AvgIpc) is 3.28. The molecule has 0 aliphatic rings. The van der Waals surface area contributed by atoms with Gasteiger partial charge in [0, 0.05) is 38.3 Å². The van der Waals surface area contributed by atoms with Crippen molar-refractivity contribution in [2.45, 2.75) is 11.5 Å². The molecule has 0 saturated carbocycles. The second-order valence-corrected chi connectivity index (χ2v) is 8.95. The molecule has 1 aromatic carbocycles. The van der Waals surface area contributed by atoms with Crippen molar-refractivity contribution in [3.63, 3.8) is 0 Å². The largest absolute Gasteiger partial charge is 0.456 e. The Labute approximate surface area is 161 Å². The molecule has 0 N–H and O–H groups in total. The van der Waals surface area contributed by atoms with Crippen molar-refractivity contribution in [2.24, 2.45) is 7.05 Å². The Balaban J connectivity index is 1.69. The smallest absolute Gasteiger partial charge is 0.338 e. The molecule has 3 aromatic rings. The topological polar surface area (TPSA) is 94.4 Å². The lowest BCUT2D eigenvalue weighted by atomic mass is 10.2. The number of rotatable bonds is 6. The lowest BCUT2D eigenvalue weighted by Gasteiger charge is -2.12. The molecule has 10 heteroatoms. The second-order valence-electron chi connectivity index (χ2n) is 5.94. The number of benzene rings is 1. The van der Waals surface area contributed by atoms with Crippen LogP contribution in [0, 0.1) is 0 Å². The van der Waals surface area contributed by atoms with Crippen LogP contribution in [0.15, 0.2) is 46.9 Å². The van der Waals surface area contributed by atoms with Crippen LogP contribution in [0.5, 0.6) is 0 Å². The zero-order valence-electron chi connectivity index (χ0n) is 15.0. The average molecular weight is 406 g/mol. The molecule has 27 heavy (non-hydrogen) atoms. The summed E-state index contributed by atoms with van der Waals surface area (Å²) in [7, 11) is 1.07. The molecular weight excluding hydrogens is 388 g/mol. The number of hydrogen-bond acceptors (Lipinski definition) is 7. The summed E-state index contributed by atoms with van der Waals surface area (Å²) in [5.41, 5.74) is 1.67. The van der Waals surface area contributed by atoms with Crippen LogP contribution in [0.1, 0.15) is 16.1 Å². The van der Waals surface area contributed by atoms with Gasteiger partial charge in [0.25, 0.3) is 0 Å². The fourth-order valence-electron chi connectivity index (χ4n) is 2.25. The molecule has 0 bridgehead atoms. The highest BCUT2D eigenvalue weighted by Gasteiger charge is 2.19. The number of ether oxygens (including phenoxy) is 1. The Hall–Kier alpha value is -2.56. The number of aryl methyl sites for hydroxylation is 1. The molecule has 0 atom stereocenters. The first-order valence-corrected chi connectivity index (χ1v) is 10.2. The molecule has 0 aliphatic carbocycles. The van der Waals surface area contributed by atoms with Crippen molar-refractivity contribution in [3.05, 3.63) is 53.3 Å². The molecule has 142 valence electrons. The standard InChI is InChI=1S/C17H18N4O4S2/c1-20(2)27(23,24)15-6-4-5-12(7-15)17(22)25-10-14-11-26-16(19-14)13-8-18-21(3)9-13/h4-9,11H,10H2,1-3H3. The molecule has 0 fully saturated rings. The van der Waals surface area contributed by atoms with Crippen molar-refractivity contribution in [3.8, 4) is 10.6 Å². The highest BCUT2D eigenvalue weighted by atomic mass is 32.2. The molecule has 0 amide bonds. The number of aromatic nitrogens is 3. The summed E-state index contributed by atoms with van der Waals surface area (Å²) >= 11 is 1.43. The van der Waals surface area contributed by atoms with Gasteiger partial charge in [-0.3, -0.25) is 4.68 Å². The Morgan fingerprint density at radius 2 is 2.11 bits per heavy atom. The van der Waals surface area contributed by atoms with Gasteiger partial charge in [-0.25, -0.2) is 22.5 Å². The van der Waals surface area contributed by atoms with E-state index in [-0.39, 0.29) is 17.1 Å². The molecule has 2 heterocycles. The van der Waals surface area contributed by atoms with Gasteiger partial charge in [-0.2, -0.15) is 5.10 Å². The van der Waals surface area contributed by atoms with Gasteiger partial charge in [-0.05, 0) is 18.2 Å². The number of carbonyl (C=O) groups is 1. The van der Waals surface area contributed by atoms with Crippen LogP contribution in [0.2, 0.25) is 0 Å². The third-order valence-corrected chi connectivity index (χ3v) is 6.45. The summed E-state index contributed by atoms with van der Waals surface area (Å²) in [6.45, 7) is 0.000252. The van der Waals surface area contributed by atoms with E-state index in [0.717, 1.165) is 14.9 Å². The number of hydrogen-bond donors (Lipinski definition) is 0. The van der Waals surface area contributed by atoms with Gasteiger partial charge in [-0.1, -0.05) is 6.07 Å². The zero-order chi connectivity index (χ0) is 19.6. The predicted molar refractivity (Wildman–Crippen MR) is 101 cm³/mol. The molecule has 3 rings (SSSR count). The minimum Gasteiger partial charge on any atom is -0.456 e. The van der Waals surface area contributed by atoms with E-state index < -0.39 is 16.0 Å². The third kappa shape index (κ3) is 4.24. The molecule has 0 radical (unpaired) electrons. The lowest BCUT2D eigenvalue weighted by molar-refractivity contribution is 0.0468. The Morgan fingerprint density at radius 1 is 1.33 bits per heavy atom. The molecule has 8 nitrogen and oxygen atoms in total. The molecule has 0 unspecified atom stereocenters. The Bertz CT molecular complexity index is 1070. The van der Waals surface area contributed by atoms with Gasteiger partial charge >= 0.3 is 5.97 Å². The van der Waals surface area contributed by atoms with E-state index in [9.17, 15) is 13.2 Å². The van der Waals surface area contributed by atoms with E-state index in [1.54, 1.807) is 10.9 Å². The van der Waals surface area contributed by atoms with E-state index in [1.165, 1.54) is 49.7 Å². The Kier molecular flexibility index (Phi) is 5.40. The monoisotopic (exact) mass is 406 g/mol. The summed E-state index contributed by atoms with van der Waals surface area (Å²) in [4.78, 5) is 16.7. The third-order valence-electron chi connectivity index (χ3n) is 3.70. The zero-order valence-corrected chi connectivity index (χ0v) is 16.6. The van der Waals surface area contributed by atoms with Gasteiger partial charge in [0.05, 0.1) is 22.3 Å². The van der Waals surface area contributed by atoms with E-state index in [2.05, 4.69) is 10.1 Å². The van der Waals surface area contributed by atoms with Gasteiger partial charge < -0.3 is 4.74 Å². The van der Waals surface area contributed by atoms with Crippen molar-refractivity contribution in [1.82, 2.24) is 19.1 Å². The van der Waals surface area contributed by atoms with E-state index >= 15 is 0 Å². The van der Waals surface area contributed by atoms with Crippen molar-refractivity contribution in [1.29, 1.82) is 0 Å².